The number of nitriles is 5. The summed E-state index contributed by atoms with van der Waals surface area (Å²) in [6.07, 6.45) is 0. The van der Waals surface area contributed by atoms with Gasteiger partial charge in [0.2, 0.25) is 0 Å². The largest absolute Gasteiger partial charge is 0.308 e. The van der Waals surface area contributed by atoms with Crippen molar-refractivity contribution in [1.82, 2.24) is 19.5 Å². The Kier molecular flexibility index (Phi) is 9.93. The van der Waals surface area contributed by atoms with Crippen molar-refractivity contribution >= 4 is 21.8 Å². The number of benzene rings is 8. The maximum Gasteiger partial charge on any atom is 0.164 e. The van der Waals surface area contributed by atoms with Crippen molar-refractivity contribution in [2.45, 2.75) is 0 Å². The van der Waals surface area contributed by atoms with Crippen LogP contribution in [0.4, 0.5) is 0 Å². The van der Waals surface area contributed by atoms with Crippen LogP contribution in [0, 0.1) is 56.7 Å². The molecule has 10 aromatic rings. The molecule has 0 unspecified atom stereocenters. The molecule has 2 heterocycles. The lowest BCUT2D eigenvalue weighted by atomic mass is 9.88. The molecule has 0 saturated carbocycles. The molecule has 8 aromatic carbocycles. The first-order valence-corrected chi connectivity index (χ1v) is 20.5. The standard InChI is InChI=1S/C56H29N9/c57-30-35-19-22-45(42(25-35)33-60)49-28-41(56-63-54(37-11-3-1-4-12-37)62-55(64-56)38-13-5-2-6-14-38)29-50(46-23-20-36(31-58)26-43(46)34-61)53(49)65-51-18-10-9-17-47(51)48-27-39(21-24-52(48)65)44-16-8-7-15-40(44)32-59/h1-29H. The molecule has 65 heavy (non-hydrogen) atoms. The normalized spacial score (nSPS) is 10.7. The zero-order chi connectivity index (χ0) is 44.4. The summed E-state index contributed by atoms with van der Waals surface area (Å²) in [5.74, 6) is 1.24. The van der Waals surface area contributed by atoms with Gasteiger partial charge in [-0.1, -0.05) is 115 Å². The lowest BCUT2D eigenvalue weighted by molar-refractivity contribution is 1.07. The molecule has 0 saturated heterocycles. The van der Waals surface area contributed by atoms with Gasteiger partial charge in [-0.05, 0) is 71.8 Å². The topological polar surface area (TPSA) is 163 Å². The maximum absolute atomic E-state index is 10.8. The summed E-state index contributed by atoms with van der Waals surface area (Å²) in [5.41, 5.74) is 10.0. The van der Waals surface area contributed by atoms with E-state index in [1.807, 2.05) is 127 Å². The Balaban J connectivity index is 1.37. The molecule has 0 radical (unpaired) electrons. The van der Waals surface area contributed by atoms with E-state index < -0.39 is 0 Å². The van der Waals surface area contributed by atoms with Crippen molar-refractivity contribution in [1.29, 1.82) is 26.3 Å². The molecule has 0 atom stereocenters. The predicted octanol–water partition coefficient (Wildman–Crippen LogP) is 12.3. The Morgan fingerprint density at radius 1 is 0.323 bits per heavy atom. The summed E-state index contributed by atoms with van der Waals surface area (Å²) in [6.45, 7) is 0. The third kappa shape index (κ3) is 6.95. The summed E-state index contributed by atoms with van der Waals surface area (Å²) in [4.78, 5) is 15.1. The van der Waals surface area contributed by atoms with Crippen molar-refractivity contribution in [2.75, 3.05) is 0 Å². The molecule has 9 nitrogen and oxygen atoms in total. The van der Waals surface area contributed by atoms with Crippen LogP contribution in [-0.2, 0) is 0 Å². The Labute approximate surface area is 373 Å². The first-order chi connectivity index (χ1) is 32.0. The van der Waals surface area contributed by atoms with E-state index in [9.17, 15) is 26.3 Å². The number of hydrogen-bond acceptors (Lipinski definition) is 8. The highest BCUT2D eigenvalue weighted by Gasteiger charge is 2.26. The maximum atomic E-state index is 10.8. The molecule has 0 amide bonds. The molecule has 0 aliphatic heterocycles. The molecular weight excluding hydrogens is 799 g/mol. The Morgan fingerprint density at radius 3 is 1.37 bits per heavy atom. The molecule has 0 fully saturated rings. The molecule has 0 aliphatic rings. The second kappa shape index (κ2) is 16.5. The first-order valence-electron chi connectivity index (χ1n) is 20.5. The van der Waals surface area contributed by atoms with Gasteiger partial charge >= 0.3 is 0 Å². The summed E-state index contributed by atoms with van der Waals surface area (Å²) in [6, 6.07) is 66.3. The highest BCUT2D eigenvalue weighted by Crippen LogP contribution is 2.46. The molecule has 0 bridgehead atoms. The van der Waals surface area contributed by atoms with Gasteiger partial charge in [-0.3, -0.25) is 0 Å². The van der Waals surface area contributed by atoms with E-state index >= 15 is 0 Å². The van der Waals surface area contributed by atoms with Crippen molar-refractivity contribution in [3.63, 3.8) is 0 Å². The average molecular weight is 828 g/mol. The summed E-state index contributed by atoms with van der Waals surface area (Å²) in [5, 5.41) is 53.4. The van der Waals surface area contributed by atoms with Gasteiger partial charge in [0.05, 0.1) is 74.9 Å². The number of rotatable bonds is 7. The van der Waals surface area contributed by atoms with Crippen LogP contribution in [0.2, 0.25) is 0 Å². The first kappa shape index (κ1) is 39.2. The van der Waals surface area contributed by atoms with Crippen molar-refractivity contribution < 1.29 is 0 Å². The number of hydrogen-bond donors (Lipinski definition) is 0. The zero-order valence-corrected chi connectivity index (χ0v) is 34.3. The molecule has 10 rings (SSSR count). The monoisotopic (exact) mass is 827 g/mol. The molecule has 0 N–H and O–H groups in total. The predicted molar refractivity (Wildman–Crippen MR) is 250 cm³/mol. The van der Waals surface area contributed by atoms with Crippen molar-refractivity contribution in [2.24, 2.45) is 0 Å². The van der Waals surface area contributed by atoms with Crippen LogP contribution in [0.5, 0.6) is 0 Å². The fraction of sp³-hybridized carbons (Fsp3) is 0. The zero-order valence-electron chi connectivity index (χ0n) is 34.3. The van der Waals surface area contributed by atoms with Crippen LogP contribution in [0.25, 0.3) is 95.0 Å². The van der Waals surface area contributed by atoms with E-state index in [0.29, 0.717) is 67.7 Å². The number of aromatic nitrogens is 4. The van der Waals surface area contributed by atoms with E-state index in [-0.39, 0.29) is 11.1 Å². The van der Waals surface area contributed by atoms with Gasteiger partial charge < -0.3 is 4.57 Å². The van der Waals surface area contributed by atoms with Gasteiger partial charge in [0, 0.05) is 49.7 Å². The van der Waals surface area contributed by atoms with Crippen LogP contribution in [0.3, 0.4) is 0 Å². The molecule has 0 spiro atoms. The van der Waals surface area contributed by atoms with Crippen LogP contribution in [0.1, 0.15) is 27.8 Å². The van der Waals surface area contributed by atoms with Gasteiger partial charge in [0.15, 0.2) is 17.5 Å². The van der Waals surface area contributed by atoms with Crippen molar-refractivity contribution in [3.8, 4) is 104 Å². The summed E-state index contributed by atoms with van der Waals surface area (Å²) in [7, 11) is 0. The van der Waals surface area contributed by atoms with Crippen LogP contribution in [-0.4, -0.2) is 19.5 Å². The van der Waals surface area contributed by atoms with E-state index in [2.05, 4.69) is 41.0 Å². The summed E-state index contributed by atoms with van der Waals surface area (Å²) < 4.78 is 2.13. The molecule has 2 aromatic heterocycles. The molecule has 9 heteroatoms. The van der Waals surface area contributed by atoms with E-state index in [1.165, 1.54) is 0 Å². The smallest absolute Gasteiger partial charge is 0.164 e. The van der Waals surface area contributed by atoms with Gasteiger partial charge in [-0.2, -0.15) is 26.3 Å². The minimum Gasteiger partial charge on any atom is -0.308 e. The SMILES string of the molecule is N#Cc1ccc(-c2cc(-c3nc(-c4ccccc4)nc(-c4ccccc4)n3)cc(-c3ccc(C#N)cc3C#N)c2-n2c3ccccc3c3cc(-c4ccccc4C#N)ccc32)c(C#N)c1. The van der Waals surface area contributed by atoms with Gasteiger partial charge in [-0.15, -0.1) is 0 Å². The van der Waals surface area contributed by atoms with E-state index in [4.69, 9.17) is 15.0 Å². The van der Waals surface area contributed by atoms with Crippen LogP contribution < -0.4 is 0 Å². The summed E-state index contributed by atoms with van der Waals surface area (Å²) >= 11 is 0. The fourth-order valence-corrected chi connectivity index (χ4v) is 8.45. The van der Waals surface area contributed by atoms with E-state index in [1.54, 1.807) is 42.5 Å². The van der Waals surface area contributed by atoms with Crippen LogP contribution >= 0.6 is 0 Å². The third-order valence-electron chi connectivity index (χ3n) is 11.4. The number of para-hydroxylation sites is 1. The second-order valence-electron chi connectivity index (χ2n) is 15.2. The highest BCUT2D eigenvalue weighted by molar-refractivity contribution is 6.12. The fourth-order valence-electron chi connectivity index (χ4n) is 8.45. The Hall–Kier alpha value is -9.98. The average Bonchev–Trinajstić information content (AvgIpc) is 3.71. The Bertz CT molecular complexity index is 3620. The molecule has 0 aliphatic carbocycles. The van der Waals surface area contributed by atoms with E-state index in [0.717, 1.165) is 44.1 Å². The lowest BCUT2D eigenvalue weighted by Crippen LogP contribution is -2.05. The molecular formula is C56H29N9. The molecule has 298 valence electrons. The highest BCUT2D eigenvalue weighted by atomic mass is 15.0. The van der Waals surface area contributed by atoms with Gasteiger partial charge in [-0.25, -0.2) is 15.0 Å². The minimum absolute atomic E-state index is 0.260. The van der Waals surface area contributed by atoms with Crippen LogP contribution in [0.15, 0.2) is 176 Å². The van der Waals surface area contributed by atoms with Crippen molar-refractivity contribution in [3.05, 3.63) is 204 Å². The van der Waals surface area contributed by atoms with Gasteiger partial charge in [0.25, 0.3) is 0 Å². The number of fused-ring (bicyclic) bond motifs is 3. The minimum atomic E-state index is 0.260. The Morgan fingerprint density at radius 2 is 0.815 bits per heavy atom. The lowest BCUT2D eigenvalue weighted by Gasteiger charge is -2.22. The third-order valence-corrected chi connectivity index (χ3v) is 11.4. The van der Waals surface area contributed by atoms with Gasteiger partial charge in [0.1, 0.15) is 0 Å². The number of nitrogens with zero attached hydrogens (tertiary/aromatic N) is 9. The second-order valence-corrected chi connectivity index (χ2v) is 15.2. The quantitative estimate of drug-likeness (QED) is 0.153.